The quantitative estimate of drug-likeness (QED) is 0.0677. The minimum Gasteiger partial charge on any atom is -0.462 e. The lowest BCUT2D eigenvalue weighted by atomic mass is 9.81. The number of nitrogens with zero attached hydrogens (tertiary/aromatic N) is 1. The average Bonchev–Trinajstić information content (AvgIpc) is 2.84. The molecule has 7 nitrogen and oxygen atoms in total. The van der Waals surface area contributed by atoms with Gasteiger partial charge in [0.2, 0.25) is 0 Å². The Bertz CT molecular complexity index is 764. The molecule has 1 saturated heterocycles. The number of nitrogens with one attached hydrogen (secondary N) is 1. The van der Waals surface area contributed by atoms with Crippen LogP contribution in [0.4, 0.5) is 0 Å². The van der Waals surface area contributed by atoms with Gasteiger partial charge >= 0.3 is 11.9 Å². The fraction of sp³-hybridized carbons (Fsp3) is 0.944. The minimum absolute atomic E-state index is 0.0163. The zero-order valence-corrected chi connectivity index (χ0v) is 29.7. The van der Waals surface area contributed by atoms with Crippen LogP contribution >= 0.6 is 0 Å². The summed E-state index contributed by atoms with van der Waals surface area (Å²) in [7, 11) is 0. The number of carbonyl (C=O) groups is 2. The third-order valence-corrected chi connectivity index (χ3v) is 8.64. The third kappa shape index (κ3) is 19.1. The molecular weight excluding hydrogens is 540 g/mol. The van der Waals surface area contributed by atoms with Gasteiger partial charge in [-0.2, -0.15) is 5.06 Å². The van der Waals surface area contributed by atoms with Crippen molar-refractivity contribution in [3.05, 3.63) is 0 Å². The smallest absolute Gasteiger partial charge is 0.306 e. The molecule has 0 saturated carbocycles. The number of hydrogen-bond donors (Lipinski definition) is 2. The highest BCUT2D eigenvalue weighted by Crippen LogP contribution is 2.31. The van der Waals surface area contributed by atoms with Crippen LogP contribution in [0.1, 0.15) is 178 Å². The SMILES string of the molecule is CCCCCCCCN(O)C(C)(C)CC(CC(C)C)OC(=O)CCCCCCCCC(=O)OC1CC(C)(C)NC(C)(C)C1. The molecule has 43 heavy (non-hydrogen) atoms. The van der Waals surface area contributed by atoms with Gasteiger partial charge in [-0.25, -0.2) is 0 Å². The molecule has 1 heterocycles. The van der Waals surface area contributed by atoms with Gasteiger partial charge in [-0.05, 0) is 73.1 Å². The summed E-state index contributed by atoms with van der Waals surface area (Å²) >= 11 is 0. The summed E-state index contributed by atoms with van der Waals surface area (Å²) in [4.78, 5) is 25.1. The minimum atomic E-state index is -0.448. The number of ether oxygens (including phenoxy) is 2. The zero-order chi connectivity index (χ0) is 32.5. The lowest BCUT2D eigenvalue weighted by molar-refractivity contribution is -0.180. The Morgan fingerprint density at radius 2 is 1.33 bits per heavy atom. The highest BCUT2D eigenvalue weighted by molar-refractivity contribution is 5.69. The Labute approximate surface area is 265 Å². The number of esters is 2. The highest BCUT2D eigenvalue weighted by Gasteiger charge is 2.39. The summed E-state index contributed by atoms with van der Waals surface area (Å²) < 4.78 is 11.8. The standard InChI is InChI=1S/C36H70N2O5/c1-10-11-12-13-18-21-24-38(41)36(8,9)28-30(25-29(2)3)42-32(39)22-19-16-14-15-17-20-23-33(40)43-31-26-34(4,5)37-35(6,7)27-31/h29-31,37,41H,10-28H2,1-9H3. The van der Waals surface area contributed by atoms with Crippen molar-refractivity contribution in [2.24, 2.45) is 5.92 Å². The topological polar surface area (TPSA) is 88.1 Å². The highest BCUT2D eigenvalue weighted by atomic mass is 16.5. The molecule has 1 fully saturated rings. The van der Waals surface area contributed by atoms with Crippen LogP contribution in [0.25, 0.3) is 0 Å². The lowest BCUT2D eigenvalue weighted by Gasteiger charge is -2.45. The van der Waals surface area contributed by atoms with E-state index in [0.29, 0.717) is 31.7 Å². The van der Waals surface area contributed by atoms with E-state index in [1.54, 1.807) is 0 Å². The number of rotatable bonds is 23. The maximum atomic E-state index is 12.7. The molecule has 0 radical (unpaired) electrons. The molecule has 0 bridgehead atoms. The lowest BCUT2D eigenvalue weighted by Crippen LogP contribution is -2.59. The molecule has 2 N–H and O–H groups in total. The molecule has 0 aromatic rings. The maximum absolute atomic E-state index is 12.7. The average molecular weight is 611 g/mol. The fourth-order valence-electron chi connectivity index (χ4n) is 6.75. The Morgan fingerprint density at radius 3 is 1.86 bits per heavy atom. The van der Waals surface area contributed by atoms with Crippen LogP contribution in [0, 0.1) is 5.92 Å². The fourth-order valence-corrected chi connectivity index (χ4v) is 6.75. The first-order valence-electron chi connectivity index (χ1n) is 17.7. The van der Waals surface area contributed by atoms with Crippen molar-refractivity contribution in [2.75, 3.05) is 6.54 Å². The molecule has 0 aromatic heterocycles. The van der Waals surface area contributed by atoms with E-state index >= 15 is 0 Å². The normalized spacial score (nSPS) is 17.8. The summed E-state index contributed by atoms with van der Waals surface area (Å²) in [5.41, 5.74) is -0.506. The number of carbonyl (C=O) groups excluding carboxylic acids is 2. The van der Waals surface area contributed by atoms with Gasteiger partial charge in [-0.1, -0.05) is 78.6 Å². The molecular formula is C36H70N2O5. The Hall–Kier alpha value is -1.18. The van der Waals surface area contributed by atoms with E-state index in [9.17, 15) is 14.8 Å². The maximum Gasteiger partial charge on any atom is 0.306 e. The molecule has 1 aliphatic heterocycles. The predicted octanol–water partition coefficient (Wildman–Crippen LogP) is 9.14. The first-order chi connectivity index (χ1) is 20.0. The number of piperidine rings is 1. The van der Waals surface area contributed by atoms with E-state index in [-0.39, 0.29) is 35.2 Å². The molecule has 1 rings (SSSR count). The molecule has 254 valence electrons. The largest absolute Gasteiger partial charge is 0.462 e. The second kappa shape index (κ2) is 20.0. The van der Waals surface area contributed by atoms with Gasteiger partial charge in [-0.15, -0.1) is 0 Å². The van der Waals surface area contributed by atoms with E-state index in [1.807, 2.05) is 13.8 Å². The Balaban J connectivity index is 2.26. The van der Waals surface area contributed by atoms with Crippen molar-refractivity contribution in [3.63, 3.8) is 0 Å². The number of unbranched alkanes of at least 4 members (excludes halogenated alkanes) is 10. The molecule has 1 unspecified atom stereocenters. The predicted molar refractivity (Wildman–Crippen MR) is 177 cm³/mol. The van der Waals surface area contributed by atoms with Gasteiger partial charge in [0, 0.05) is 55.3 Å². The number of hydroxylamine groups is 2. The van der Waals surface area contributed by atoms with Crippen molar-refractivity contribution in [1.82, 2.24) is 10.4 Å². The summed E-state index contributed by atoms with van der Waals surface area (Å²) in [6.45, 7) is 19.9. The van der Waals surface area contributed by atoms with Crippen LogP contribution < -0.4 is 5.32 Å². The van der Waals surface area contributed by atoms with Crippen LogP contribution in [0.15, 0.2) is 0 Å². The van der Waals surface area contributed by atoms with E-state index in [0.717, 1.165) is 70.6 Å². The van der Waals surface area contributed by atoms with Crippen molar-refractivity contribution in [1.29, 1.82) is 0 Å². The third-order valence-electron chi connectivity index (χ3n) is 8.64. The summed E-state index contributed by atoms with van der Waals surface area (Å²) in [5.74, 6) is 0.205. The molecule has 0 amide bonds. The first kappa shape index (κ1) is 39.8. The second-order valence-electron chi connectivity index (χ2n) is 15.7. The van der Waals surface area contributed by atoms with Gasteiger partial charge in [0.05, 0.1) is 0 Å². The molecule has 0 aliphatic carbocycles. The van der Waals surface area contributed by atoms with Crippen molar-refractivity contribution in [3.8, 4) is 0 Å². The van der Waals surface area contributed by atoms with Crippen LogP contribution in [-0.2, 0) is 19.1 Å². The molecule has 0 spiro atoms. The summed E-state index contributed by atoms with van der Waals surface area (Å²) in [6.07, 6.45) is 16.8. The van der Waals surface area contributed by atoms with E-state index in [1.165, 1.54) is 30.7 Å². The zero-order valence-electron chi connectivity index (χ0n) is 29.7. The van der Waals surface area contributed by atoms with Gasteiger partial charge < -0.3 is 20.0 Å². The van der Waals surface area contributed by atoms with Crippen LogP contribution in [-0.4, -0.2) is 57.6 Å². The van der Waals surface area contributed by atoms with Crippen molar-refractivity contribution < 1.29 is 24.3 Å². The molecule has 1 aliphatic rings. The number of hydrogen-bond acceptors (Lipinski definition) is 7. The van der Waals surface area contributed by atoms with Crippen molar-refractivity contribution >= 4 is 11.9 Å². The van der Waals surface area contributed by atoms with E-state index in [2.05, 4.69) is 53.8 Å². The summed E-state index contributed by atoms with van der Waals surface area (Å²) in [6, 6.07) is 0. The van der Waals surface area contributed by atoms with Gasteiger partial charge in [0.15, 0.2) is 0 Å². The Morgan fingerprint density at radius 1 is 0.837 bits per heavy atom. The van der Waals surface area contributed by atoms with Crippen LogP contribution in [0.3, 0.4) is 0 Å². The first-order valence-corrected chi connectivity index (χ1v) is 17.7. The summed E-state index contributed by atoms with van der Waals surface area (Å²) in [5, 5.41) is 15.9. The van der Waals surface area contributed by atoms with Crippen molar-refractivity contribution in [2.45, 2.75) is 207 Å². The van der Waals surface area contributed by atoms with E-state index < -0.39 is 5.54 Å². The van der Waals surface area contributed by atoms with Crippen LogP contribution in [0.5, 0.6) is 0 Å². The van der Waals surface area contributed by atoms with Crippen LogP contribution in [0.2, 0.25) is 0 Å². The monoisotopic (exact) mass is 611 g/mol. The van der Waals surface area contributed by atoms with E-state index in [4.69, 9.17) is 9.47 Å². The molecule has 7 heteroatoms. The molecule has 0 aromatic carbocycles. The van der Waals surface area contributed by atoms with Gasteiger partial charge in [-0.3, -0.25) is 9.59 Å². The molecule has 1 atom stereocenters. The van der Waals surface area contributed by atoms with Gasteiger partial charge in [0.1, 0.15) is 12.2 Å². The Kier molecular flexibility index (Phi) is 18.6. The second-order valence-corrected chi connectivity index (χ2v) is 15.7. The van der Waals surface area contributed by atoms with Gasteiger partial charge in [0.25, 0.3) is 0 Å².